The van der Waals surface area contributed by atoms with E-state index in [2.05, 4.69) is 16.4 Å². The highest BCUT2D eigenvalue weighted by atomic mass is 16.2. The Hall–Kier alpha value is -3.08. The molecule has 1 aromatic heterocycles. The largest absolute Gasteiger partial charge is 0.361 e. The molecule has 0 unspecified atom stereocenters. The van der Waals surface area contributed by atoms with Crippen molar-refractivity contribution in [3.8, 4) is 0 Å². The van der Waals surface area contributed by atoms with Gasteiger partial charge in [0.1, 0.15) is 6.04 Å². The lowest BCUT2D eigenvalue weighted by Gasteiger charge is -2.24. The molecule has 0 saturated heterocycles. The van der Waals surface area contributed by atoms with E-state index in [1.807, 2.05) is 48.7 Å². The van der Waals surface area contributed by atoms with Crippen molar-refractivity contribution in [3.05, 3.63) is 65.9 Å². The highest BCUT2D eigenvalue weighted by Crippen LogP contribution is 2.28. The predicted octanol–water partition coefficient (Wildman–Crippen LogP) is 2.80. The molecule has 3 aromatic rings. The minimum atomic E-state index is -0.585. The van der Waals surface area contributed by atoms with Gasteiger partial charge in [0.2, 0.25) is 11.8 Å². The van der Waals surface area contributed by atoms with E-state index >= 15 is 0 Å². The van der Waals surface area contributed by atoms with Crippen LogP contribution in [0.3, 0.4) is 0 Å². The Morgan fingerprint density at radius 2 is 1.92 bits per heavy atom. The van der Waals surface area contributed by atoms with Gasteiger partial charge in [0.25, 0.3) is 0 Å². The molecule has 132 valence electrons. The lowest BCUT2D eigenvalue weighted by atomic mass is 10.0. The van der Waals surface area contributed by atoms with Crippen molar-refractivity contribution in [3.63, 3.8) is 0 Å². The van der Waals surface area contributed by atoms with Crippen molar-refractivity contribution in [1.29, 1.82) is 0 Å². The average molecular weight is 347 g/mol. The van der Waals surface area contributed by atoms with E-state index < -0.39 is 6.04 Å². The van der Waals surface area contributed by atoms with Crippen molar-refractivity contribution >= 4 is 28.4 Å². The Morgan fingerprint density at radius 1 is 1.15 bits per heavy atom. The van der Waals surface area contributed by atoms with Gasteiger partial charge in [0.15, 0.2) is 0 Å². The van der Waals surface area contributed by atoms with Crippen LogP contribution in [0.4, 0.5) is 5.69 Å². The second-order valence-electron chi connectivity index (χ2n) is 6.69. The first-order valence-electron chi connectivity index (χ1n) is 8.85. The fourth-order valence-corrected chi connectivity index (χ4v) is 3.72. The minimum Gasteiger partial charge on any atom is -0.361 e. The van der Waals surface area contributed by atoms with Crippen LogP contribution in [0.5, 0.6) is 0 Å². The standard InChI is InChI=1S/C21H21N3O2/c1-14(25)23-19(12-16-13-22-18-8-4-3-7-17(16)18)21(26)24-11-10-15-6-2-5-9-20(15)24/h2-9,13,19,22H,10-12H2,1H3,(H,23,25)/t19-/m0/s1. The molecule has 4 rings (SSSR count). The third-order valence-corrected chi connectivity index (χ3v) is 4.93. The van der Waals surface area contributed by atoms with Crippen LogP contribution in [0.15, 0.2) is 54.7 Å². The molecule has 2 N–H and O–H groups in total. The Balaban J connectivity index is 1.63. The zero-order valence-corrected chi connectivity index (χ0v) is 14.7. The van der Waals surface area contributed by atoms with E-state index in [0.29, 0.717) is 13.0 Å². The highest BCUT2D eigenvalue weighted by Gasteiger charge is 2.31. The quantitative estimate of drug-likeness (QED) is 0.762. The van der Waals surface area contributed by atoms with Gasteiger partial charge in [-0.2, -0.15) is 0 Å². The van der Waals surface area contributed by atoms with Crippen molar-refractivity contribution in [1.82, 2.24) is 10.3 Å². The monoisotopic (exact) mass is 347 g/mol. The van der Waals surface area contributed by atoms with E-state index in [4.69, 9.17) is 0 Å². The molecule has 0 saturated carbocycles. The molecule has 2 amide bonds. The number of hydrogen-bond acceptors (Lipinski definition) is 2. The number of hydrogen-bond donors (Lipinski definition) is 2. The van der Waals surface area contributed by atoms with E-state index in [1.54, 1.807) is 4.90 Å². The third-order valence-electron chi connectivity index (χ3n) is 4.93. The molecular formula is C21H21N3O2. The molecule has 0 radical (unpaired) electrons. The lowest BCUT2D eigenvalue weighted by molar-refractivity contribution is -0.126. The maximum atomic E-state index is 13.2. The zero-order valence-electron chi connectivity index (χ0n) is 14.7. The van der Waals surface area contributed by atoms with Crippen molar-refractivity contribution in [2.24, 2.45) is 0 Å². The molecule has 0 fully saturated rings. The Kier molecular flexibility index (Phi) is 4.21. The van der Waals surface area contributed by atoms with Crippen LogP contribution in [0.2, 0.25) is 0 Å². The number of para-hydroxylation sites is 2. The summed E-state index contributed by atoms with van der Waals surface area (Å²) >= 11 is 0. The van der Waals surface area contributed by atoms with Crippen LogP contribution < -0.4 is 10.2 Å². The van der Waals surface area contributed by atoms with Crippen LogP contribution in [0.1, 0.15) is 18.1 Å². The highest BCUT2D eigenvalue weighted by molar-refractivity contribution is 6.01. The van der Waals surface area contributed by atoms with Crippen molar-refractivity contribution < 1.29 is 9.59 Å². The van der Waals surface area contributed by atoms with Gasteiger partial charge in [-0.3, -0.25) is 9.59 Å². The van der Waals surface area contributed by atoms with E-state index in [1.165, 1.54) is 12.5 Å². The predicted molar refractivity (Wildman–Crippen MR) is 102 cm³/mol. The summed E-state index contributed by atoms with van der Waals surface area (Å²) in [6, 6.07) is 15.4. The van der Waals surface area contributed by atoms with Crippen molar-refractivity contribution in [2.75, 3.05) is 11.4 Å². The maximum Gasteiger partial charge on any atom is 0.249 e. The van der Waals surface area contributed by atoms with E-state index in [-0.39, 0.29) is 11.8 Å². The van der Waals surface area contributed by atoms with Crippen LogP contribution in [-0.2, 0) is 22.4 Å². The second-order valence-corrected chi connectivity index (χ2v) is 6.69. The van der Waals surface area contributed by atoms with Gasteiger partial charge in [-0.15, -0.1) is 0 Å². The molecular weight excluding hydrogens is 326 g/mol. The van der Waals surface area contributed by atoms with Gasteiger partial charge < -0.3 is 15.2 Å². The first-order valence-corrected chi connectivity index (χ1v) is 8.85. The molecule has 0 aliphatic carbocycles. The van der Waals surface area contributed by atoms with E-state index in [0.717, 1.165) is 28.6 Å². The Bertz CT molecular complexity index is 976. The van der Waals surface area contributed by atoms with Crippen LogP contribution in [0, 0.1) is 0 Å². The number of carbonyl (C=O) groups is 2. The summed E-state index contributed by atoms with van der Waals surface area (Å²) < 4.78 is 0. The summed E-state index contributed by atoms with van der Waals surface area (Å²) in [5, 5.41) is 3.93. The molecule has 26 heavy (non-hydrogen) atoms. The van der Waals surface area contributed by atoms with Gasteiger partial charge >= 0.3 is 0 Å². The van der Waals surface area contributed by atoms with Crippen LogP contribution in [0.25, 0.3) is 10.9 Å². The Morgan fingerprint density at radius 3 is 2.77 bits per heavy atom. The normalized spacial score (nSPS) is 14.3. The molecule has 5 heteroatoms. The van der Waals surface area contributed by atoms with Gasteiger partial charge in [-0.25, -0.2) is 0 Å². The number of H-pyrrole nitrogens is 1. The molecule has 1 aliphatic rings. The average Bonchev–Trinajstić information content (AvgIpc) is 3.25. The molecule has 1 aliphatic heterocycles. The molecule has 2 aromatic carbocycles. The summed E-state index contributed by atoms with van der Waals surface area (Å²) in [6.45, 7) is 2.11. The molecule has 5 nitrogen and oxygen atoms in total. The summed E-state index contributed by atoms with van der Waals surface area (Å²) in [7, 11) is 0. The Labute approximate surface area is 152 Å². The van der Waals surface area contributed by atoms with Gasteiger partial charge in [0.05, 0.1) is 0 Å². The summed E-state index contributed by atoms with van der Waals surface area (Å²) in [5.41, 5.74) is 4.18. The number of rotatable bonds is 4. The number of benzene rings is 2. The SMILES string of the molecule is CC(=O)N[C@@H](Cc1c[nH]c2ccccc12)C(=O)N1CCc2ccccc21. The molecule has 0 spiro atoms. The van der Waals surface area contributed by atoms with Crippen molar-refractivity contribution in [2.45, 2.75) is 25.8 Å². The van der Waals surface area contributed by atoms with E-state index in [9.17, 15) is 9.59 Å². The summed E-state index contributed by atoms with van der Waals surface area (Å²) in [4.78, 5) is 30.0. The zero-order chi connectivity index (χ0) is 18.1. The van der Waals surface area contributed by atoms with Gasteiger partial charge in [0, 0.05) is 42.7 Å². The number of carbonyl (C=O) groups excluding carboxylic acids is 2. The smallest absolute Gasteiger partial charge is 0.249 e. The third kappa shape index (κ3) is 2.96. The van der Waals surface area contributed by atoms with Gasteiger partial charge in [-0.05, 0) is 29.7 Å². The number of fused-ring (bicyclic) bond motifs is 2. The molecule has 2 heterocycles. The molecule has 0 bridgehead atoms. The summed E-state index contributed by atoms with van der Waals surface area (Å²) in [6.07, 6.45) is 3.23. The summed E-state index contributed by atoms with van der Waals surface area (Å²) in [5.74, 6) is -0.258. The lowest BCUT2D eigenvalue weighted by Crippen LogP contribution is -2.49. The number of nitrogens with zero attached hydrogens (tertiary/aromatic N) is 1. The maximum absolute atomic E-state index is 13.2. The molecule has 1 atom stereocenters. The number of anilines is 1. The number of aromatic nitrogens is 1. The topological polar surface area (TPSA) is 65.2 Å². The number of nitrogens with one attached hydrogen (secondary N) is 2. The van der Waals surface area contributed by atoms with Crippen LogP contribution in [-0.4, -0.2) is 29.4 Å². The fraction of sp³-hybridized carbons (Fsp3) is 0.238. The van der Waals surface area contributed by atoms with Gasteiger partial charge in [-0.1, -0.05) is 36.4 Å². The number of aromatic amines is 1. The first-order chi connectivity index (χ1) is 12.6. The fourth-order valence-electron chi connectivity index (χ4n) is 3.72. The number of amides is 2. The first kappa shape index (κ1) is 16.4. The minimum absolute atomic E-state index is 0.0598. The second kappa shape index (κ2) is 6.67. The van der Waals surface area contributed by atoms with Crippen LogP contribution >= 0.6 is 0 Å².